The Morgan fingerprint density at radius 3 is 2.76 bits per heavy atom. The number of piperidine rings is 1. The molecule has 0 unspecified atom stereocenters. The van der Waals surface area contributed by atoms with E-state index in [9.17, 15) is 9.59 Å². The van der Waals surface area contributed by atoms with Crippen molar-refractivity contribution in [2.45, 2.75) is 25.8 Å². The van der Waals surface area contributed by atoms with Crippen LogP contribution in [0.1, 0.15) is 24.8 Å². The molecule has 5 nitrogen and oxygen atoms in total. The van der Waals surface area contributed by atoms with Gasteiger partial charge in [0.15, 0.2) is 0 Å². The van der Waals surface area contributed by atoms with Crippen LogP contribution in [0.2, 0.25) is 5.02 Å². The van der Waals surface area contributed by atoms with Crippen LogP contribution in [-0.2, 0) is 11.3 Å². The molecule has 0 radical (unpaired) electrons. The van der Waals surface area contributed by atoms with Gasteiger partial charge in [0.05, 0.1) is 0 Å². The predicted molar refractivity (Wildman–Crippen MR) is 100.0 cm³/mol. The summed E-state index contributed by atoms with van der Waals surface area (Å²) in [5, 5.41) is 6.12. The molecule has 3 amide bonds. The van der Waals surface area contributed by atoms with Crippen LogP contribution in [0.4, 0.5) is 16.2 Å². The SMILES string of the molecule is O=C(NCc1cccc(N2CCCCC2=O)c1)Nc1cccc(Cl)c1. The first-order valence-electron chi connectivity index (χ1n) is 8.31. The Kier molecular flexibility index (Phi) is 5.56. The summed E-state index contributed by atoms with van der Waals surface area (Å²) in [6.45, 7) is 1.13. The first-order valence-corrected chi connectivity index (χ1v) is 8.69. The lowest BCUT2D eigenvalue weighted by atomic mass is 10.1. The maximum absolute atomic E-state index is 12.0. The minimum Gasteiger partial charge on any atom is -0.334 e. The minimum atomic E-state index is -0.304. The number of halogens is 1. The largest absolute Gasteiger partial charge is 0.334 e. The Balaban J connectivity index is 1.58. The van der Waals surface area contributed by atoms with Gasteiger partial charge in [-0.2, -0.15) is 0 Å². The number of rotatable bonds is 4. The lowest BCUT2D eigenvalue weighted by Gasteiger charge is -2.27. The summed E-state index contributed by atoms with van der Waals surface area (Å²) in [4.78, 5) is 25.9. The van der Waals surface area contributed by atoms with E-state index in [-0.39, 0.29) is 11.9 Å². The van der Waals surface area contributed by atoms with E-state index in [1.807, 2.05) is 29.2 Å². The van der Waals surface area contributed by atoms with E-state index in [0.29, 0.717) is 23.7 Å². The molecule has 2 aromatic carbocycles. The predicted octanol–water partition coefficient (Wildman–Crippen LogP) is 4.18. The highest BCUT2D eigenvalue weighted by Gasteiger charge is 2.19. The highest BCUT2D eigenvalue weighted by molar-refractivity contribution is 6.30. The number of nitrogens with one attached hydrogen (secondary N) is 2. The molecule has 2 aromatic rings. The molecule has 0 aromatic heterocycles. The van der Waals surface area contributed by atoms with Gasteiger partial charge in [-0.25, -0.2) is 4.79 Å². The molecule has 1 aliphatic heterocycles. The Bertz CT molecular complexity index is 779. The number of nitrogens with zero attached hydrogens (tertiary/aromatic N) is 1. The number of amides is 3. The normalized spacial score (nSPS) is 14.3. The number of urea groups is 1. The van der Waals surface area contributed by atoms with Gasteiger partial charge in [-0.1, -0.05) is 29.8 Å². The first kappa shape index (κ1) is 17.3. The van der Waals surface area contributed by atoms with Crippen LogP contribution in [0.15, 0.2) is 48.5 Å². The number of benzene rings is 2. The molecule has 0 spiro atoms. The molecule has 1 aliphatic rings. The van der Waals surface area contributed by atoms with Crippen LogP contribution in [0.25, 0.3) is 0 Å². The van der Waals surface area contributed by atoms with Crippen molar-refractivity contribution in [3.8, 4) is 0 Å². The third-order valence-corrected chi connectivity index (χ3v) is 4.32. The molecule has 2 N–H and O–H groups in total. The van der Waals surface area contributed by atoms with E-state index in [0.717, 1.165) is 30.6 Å². The van der Waals surface area contributed by atoms with Crippen molar-refractivity contribution < 1.29 is 9.59 Å². The summed E-state index contributed by atoms with van der Waals surface area (Å²) in [6.07, 6.45) is 2.58. The van der Waals surface area contributed by atoms with Gasteiger partial charge in [-0.05, 0) is 48.7 Å². The van der Waals surface area contributed by atoms with Crippen molar-refractivity contribution in [3.63, 3.8) is 0 Å². The second kappa shape index (κ2) is 8.03. The molecule has 25 heavy (non-hydrogen) atoms. The average Bonchev–Trinajstić information content (AvgIpc) is 2.61. The smallest absolute Gasteiger partial charge is 0.319 e. The van der Waals surface area contributed by atoms with Crippen LogP contribution in [0, 0.1) is 0 Å². The Hall–Kier alpha value is -2.53. The fourth-order valence-corrected chi connectivity index (χ4v) is 3.03. The third kappa shape index (κ3) is 4.73. The molecule has 0 bridgehead atoms. The minimum absolute atomic E-state index is 0.162. The lowest BCUT2D eigenvalue weighted by molar-refractivity contribution is -0.119. The van der Waals surface area contributed by atoms with Gasteiger partial charge in [0.25, 0.3) is 0 Å². The van der Waals surface area contributed by atoms with Crippen LogP contribution in [0.3, 0.4) is 0 Å². The van der Waals surface area contributed by atoms with Gasteiger partial charge in [0.2, 0.25) is 5.91 Å². The quantitative estimate of drug-likeness (QED) is 0.862. The Morgan fingerprint density at radius 1 is 1.12 bits per heavy atom. The molecular weight excluding hydrogens is 338 g/mol. The zero-order valence-electron chi connectivity index (χ0n) is 13.8. The van der Waals surface area contributed by atoms with Crippen LogP contribution >= 0.6 is 11.6 Å². The highest BCUT2D eigenvalue weighted by atomic mass is 35.5. The number of carbonyl (C=O) groups excluding carboxylic acids is 2. The Morgan fingerprint density at radius 2 is 1.96 bits per heavy atom. The first-order chi connectivity index (χ1) is 12.1. The van der Waals surface area contributed by atoms with Crippen molar-refractivity contribution in [3.05, 3.63) is 59.1 Å². The van der Waals surface area contributed by atoms with Crippen molar-refractivity contribution >= 4 is 34.9 Å². The van der Waals surface area contributed by atoms with Gasteiger partial charge >= 0.3 is 6.03 Å². The van der Waals surface area contributed by atoms with Crippen molar-refractivity contribution in [2.24, 2.45) is 0 Å². The second-order valence-electron chi connectivity index (χ2n) is 5.99. The molecular formula is C19H20ClN3O2. The van der Waals surface area contributed by atoms with Crippen molar-refractivity contribution in [1.82, 2.24) is 5.32 Å². The zero-order valence-corrected chi connectivity index (χ0v) is 14.6. The lowest BCUT2D eigenvalue weighted by Crippen LogP contribution is -2.35. The zero-order chi connectivity index (χ0) is 17.6. The monoisotopic (exact) mass is 357 g/mol. The van der Waals surface area contributed by atoms with E-state index in [2.05, 4.69) is 10.6 Å². The maximum Gasteiger partial charge on any atom is 0.319 e. The molecule has 130 valence electrons. The maximum atomic E-state index is 12.0. The molecule has 0 saturated carbocycles. The topological polar surface area (TPSA) is 61.4 Å². The number of anilines is 2. The fraction of sp³-hybridized carbons (Fsp3) is 0.263. The summed E-state index contributed by atoms with van der Waals surface area (Å²) in [5.41, 5.74) is 2.47. The Labute approximate surface area is 152 Å². The van der Waals surface area contributed by atoms with Crippen LogP contribution < -0.4 is 15.5 Å². The van der Waals surface area contributed by atoms with Gasteiger partial charge in [0, 0.05) is 35.9 Å². The van der Waals surface area contributed by atoms with Gasteiger partial charge in [-0.3, -0.25) is 4.79 Å². The molecule has 6 heteroatoms. The number of hydrogen-bond acceptors (Lipinski definition) is 2. The standard InChI is InChI=1S/C19H20ClN3O2/c20-15-6-4-7-16(12-15)22-19(25)21-13-14-5-3-8-17(11-14)23-10-2-1-9-18(23)24/h3-8,11-12H,1-2,9-10,13H2,(H2,21,22,25). The molecule has 1 fully saturated rings. The van der Waals surface area contributed by atoms with Crippen LogP contribution in [0.5, 0.6) is 0 Å². The summed E-state index contributed by atoms with van der Waals surface area (Å²) >= 11 is 5.90. The van der Waals surface area contributed by atoms with E-state index >= 15 is 0 Å². The summed E-state index contributed by atoms with van der Waals surface area (Å²) < 4.78 is 0. The van der Waals surface area contributed by atoms with Crippen molar-refractivity contribution in [1.29, 1.82) is 0 Å². The third-order valence-electron chi connectivity index (χ3n) is 4.08. The van der Waals surface area contributed by atoms with Gasteiger partial charge < -0.3 is 15.5 Å². The van der Waals surface area contributed by atoms with Gasteiger partial charge in [-0.15, -0.1) is 0 Å². The number of carbonyl (C=O) groups is 2. The average molecular weight is 358 g/mol. The number of hydrogen-bond donors (Lipinski definition) is 2. The van der Waals surface area contributed by atoms with E-state index < -0.39 is 0 Å². The van der Waals surface area contributed by atoms with E-state index in [1.54, 1.807) is 24.3 Å². The molecule has 3 rings (SSSR count). The molecule has 0 atom stereocenters. The molecule has 1 saturated heterocycles. The molecule has 0 aliphatic carbocycles. The second-order valence-corrected chi connectivity index (χ2v) is 6.43. The van der Waals surface area contributed by atoms with Crippen molar-refractivity contribution in [2.75, 3.05) is 16.8 Å². The summed E-state index contributed by atoms with van der Waals surface area (Å²) in [6, 6.07) is 14.4. The highest BCUT2D eigenvalue weighted by Crippen LogP contribution is 2.22. The van der Waals surface area contributed by atoms with E-state index in [1.165, 1.54) is 0 Å². The summed E-state index contributed by atoms with van der Waals surface area (Å²) in [7, 11) is 0. The summed E-state index contributed by atoms with van der Waals surface area (Å²) in [5.74, 6) is 0.162. The van der Waals surface area contributed by atoms with Crippen LogP contribution in [-0.4, -0.2) is 18.5 Å². The molecule has 1 heterocycles. The fourth-order valence-electron chi connectivity index (χ4n) is 2.84. The van der Waals surface area contributed by atoms with E-state index in [4.69, 9.17) is 11.6 Å². The van der Waals surface area contributed by atoms with Gasteiger partial charge in [0.1, 0.15) is 0 Å².